The zero-order chi connectivity index (χ0) is 26.4. The van der Waals surface area contributed by atoms with Crippen LogP contribution >= 0.6 is 58.0 Å². The molecule has 36 heavy (non-hydrogen) atoms. The van der Waals surface area contributed by atoms with E-state index in [4.69, 9.17) is 58.0 Å². The number of carbonyl (C=O) groups is 2. The number of benzene rings is 3. The summed E-state index contributed by atoms with van der Waals surface area (Å²) in [6.07, 6.45) is 0. The van der Waals surface area contributed by atoms with Gasteiger partial charge in [-0.3, -0.25) is 19.9 Å². The summed E-state index contributed by atoms with van der Waals surface area (Å²) in [6.45, 7) is 1.86. The molecular formula is C25H20Cl5N3O3. The van der Waals surface area contributed by atoms with Crippen LogP contribution in [0.15, 0.2) is 54.6 Å². The van der Waals surface area contributed by atoms with E-state index in [2.05, 4.69) is 10.6 Å². The van der Waals surface area contributed by atoms with Gasteiger partial charge in [-0.1, -0.05) is 40.9 Å². The quantitative estimate of drug-likeness (QED) is 0.205. The monoisotopic (exact) mass is 585 g/mol. The predicted molar refractivity (Wildman–Crippen MR) is 147 cm³/mol. The summed E-state index contributed by atoms with van der Waals surface area (Å²) in [5, 5.41) is 17.3. The number of nitrogens with one attached hydrogen (secondary N) is 2. The van der Waals surface area contributed by atoms with Crippen LogP contribution in [0.3, 0.4) is 0 Å². The van der Waals surface area contributed by atoms with Crippen molar-refractivity contribution in [2.45, 2.75) is 17.2 Å². The molecule has 6 nitrogen and oxygen atoms in total. The van der Waals surface area contributed by atoms with Crippen molar-refractivity contribution in [1.29, 1.82) is 0 Å². The van der Waals surface area contributed by atoms with E-state index in [0.717, 1.165) is 10.6 Å². The summed E-state index contributed by atoms with van der Waals surface area (Å²) in [5.41, 5.74) is 2.80. The Hall–Kier alpha value is -2.19. The molecule has 4 rings (SSSR count). The molecule has 0 aliphatic heterocycles. The number of anilines is 3. The van der Waals surface area contributed by atoms with Crippen LogP contribution in [0, 0.1) is 12.8 Å². The lowest BCUT2D eigenvalue weighted by Crippen LogP contribution is -2.19. The van der Waals surface area contributed by atoms with Crippen LogP contribution in [0.2, 0.25) is 15.1 Å². The topological polar surface area (TPSA) is 81.7 Å². The summed E-state index contributed by atoms with van der Waals surface area (Å²) in [4.78, 5) is 26.0. The number of nitrogens with zero attached hydrogens (tertiary/aromatic N) is 1. The number of hydrogen-bond donors (Lipinski definition) is 3. The summed E-state index contributed by atoms with van der Waals surface area (Å²) >= 11 is 31.3. The fraction of sp³-hybridized carbons (Fsp3) is 0.200. The number of carbonyl (C=O) groups excluding carboxylic acids is 2. The highest BCUT2D eigenvalue weighted by Gasteiger charge is 2.67. The maximum Gasteiger partial charge on any atom is 0.257 e. The minimum absolute atomic E-state index is 0.124. The van der Waals surface area contributed by atoms with Gasteiger partial charge < -0.3 is 10.6 Å². The maximum absolute atomic E-state index is 13.0. The van der Waals surface area contributed by atoms with Gasteiger partial charge in [-0.25, -0.2) is 0 Å². The Balaban J connectivity index is 1.53. The van der Waals surface area contributed by atoms with E-state index in [1.807, 2.05) is 6.92 Å². The Morgan fingerprint density at radius 2 is 1.61 bits per heavy atom. The molecule has 11 heteroatoms. The van der Waals surface area contributed by atoms with Gasteiger partial charge in [0.2, 0.25) is 5.91 Å². The third kappa shape index (κ3) is 5.54. The van der Waals surface area contributed by atoms with Gasteiger partial charge in [0.15, 0.2) is 0 Å². The molecule has 0 aromatic heterocycles. The second kappa shape index (κ2) is 10.3. The third-order valence-electron chi connectivity index (χ3n) is 5.81. The van der Waals surface area contributed by atoms with Crippen molar-refractivity contribution in [3.63, 3.8) is 0 Å². The molecule has 1 aliphatic carbocycles. The van der Waals surface area contributed by atoms with Crippen molar-refractivity contribution < 1.29 is 14.8 Å². The van der Waals surface area contributed by atoms with Crippen molar-refractivity contribution in [2.75, 3.05) is 22.7 Å². The number of hydrogen-bond acceptors (Lipinski definition) is 4. The highest BCUT2D eigenvalue weighted by Crippen LogP contribution is 2.65. The first-order valence-corrected chi connectivity index (χ1v) is 12.6. The maximum atomic E-state index is 13.0. The predicted octanol–water partition coefficient (Wildman–Crippen LogP) is 7.56. The minimum atomic E-state index is -1.34. The van der Waals surface area contributed by atoms with E-state index >= 15 is 0 Å². The zero-order valence-corrected chi connectivity index (χ0v) is 22.7. The fourth-order valence-electron chi connectivity index (χ4n) is 4.02. The van der Waals surface area contributed by atoms with Gasteiger partial charge in [-0.2, -0.15) is 0 Å². The van der Waals surface area contributed by atoms with Crippen LogP contribution < -0.4 is 15.7 Å². The number of halogens is 5. The lowest BCUT2D eigenvalue weighted by Gasteiger charge is -2.17. The fourth-order valence-corrected chi connectivity index (χ4v) is 5.60. The normalized spacial score (nSPS) is 17.9. The summed E-state index contributed by atoms with van der Waals surface area (Å²) in [6, 6.07) is 14.6. The summed E-state index contributed by atoms with van der Waals surface area (Å²) in [5.74, 6) is -2.23. The van der Waals surface area contributed by atoms with Crippen molar-refractivity contribution in [3.05, 3.63) is 86.4 Å². The molecule has 0 spiro atoms. The van der Waals surface area contributed by atoms with Crippen LogP contribution in [0.25, 0.3) is 0 Å². The molecule has 3 aromatic rings. The van der Waals surface area contributed by atoms with Crippen LogP contribution in [0.5, 0.6) is 0 Å². The zero-order valence-electron chi connectivity index (χ0n) is 19.0. The average molecular weight is 588 g/mol. The van der Waals surface area contributed by atoms with E-state index < -0.39 is 28.0 Å². The first kappa shape index (κ1) is 26.9. The molecule has 1 aliphatic rings. The van der Waals surface area contributed by atoms with Crippen LogP contribution in [0.4, 0.5) is 17.1 Å². The van der Waals surface area contributed by atoms with Crippen molar-refractivity contribution >= 4 is 86.9 Å². The van der Waals surface area contributed by atoms with E-state index in [-0.39, 0.29) is 10.6 Å². The van der Waals surface area contributed by atoms with Crippen molar-refractivity contribution in [3.8, 4) is 0 Å². The number of rotatable bonds is 6. The minimum Gasteiger partial charge on any atom is -0.326 e. The molecule has 0 saturated heterocycles. The Morgan fingerprint density at radius 1 is 0.944 bits per heavy atom. The highest BCUT2D eigenvalue weighted by molar-refractivity contribution is 6.53. The second-order valence-electron chi connectivity index (χ2n) is 8.51. The van der Waals surface area contributed by atoms with Gasteiger partial charge in [-0.15, -0.1) is 23.2 Å². The van der Waals surface area contributed by atoms with Gasteiger partial charge in [0.25, 0.3) is 5.91 Å². The Morgan fingerprint density at radius 3 is 2.25 bits per heavy atom. The molecule has 0 radical (unpaired) electrons. The van der Waals surface area contributed by atoms with Gasteiger partial charge >= 0.3 is 0 Å². The average Bonchev–Trinajstić information content (AvgIpc) is 3.37. The largest absolute Gasteiger partial charge is 0.326 e. The molecule has 2 unspecified atom stereocenters. The standard InChI is InChI=1S/C25H20Cl5N3O3/c1-12-3-6-19(20(7-12)33(2)36)32-23(34)17-11-16(4-5-18(17)28)31-24(35)22-21(25(22,29)30)13-8-14(26)10-15(27)9-13/h3-11,21-22,36H,1-2H3,(H,31,35)(H,32,34). The number of hydroxylamine groups is 1. The van der Waals surface area contributed by atoms with Crippen molar-refractivity contribution in [1.82, 2.24) is 0 Å². The summed E-state index contributed by atoms with van der Waals surface area (Å²) < 4.78 is -1.34. The molecule has 1 fully saturated rings. The molecular weight excluding hydrogens is 568 g/mol. The Bertz CT molecular complexity index is 1340. The number of alkyl halides is 2. The molecule has 0 heterocycles. The Kier molecular flexibility index (Phi) is 7.68. The Labute approximate surface area is 233 Å². The van der Waals surface area contributed by atoms with E-state index in [1.165, 1.54) is 19.2 Å². The lowest BCUT2D eigenvalue weighted by molar-refractivity contribution is -0.117. The lowest BCUT2D eigenvalue weighted by atomic mass is 10.1. The molecule has 1 saturated carbocycles. The molecule has 3 N–H and O–H groups in total. The van der Waals surface area contributed by atoms with Crippen LogP contribution in [-0.2, 0) is 4.79 Å². The van der Waals surface area contributed by atoms with Gasteiger partial charge in [0, 0.05) is 28.7 Å². The van der Waals surface area contributed by atoms with Gasteiger partial charge in [-0.05, 0) is 66.6 Å². The van der Waals surface area contributed by atoms with E-state index in [0.29, 0.717) is 32.7 Å². The highest BCUT2D eigenvalue weighted by atomic mass is 35.5. The molecule has 3 aromatic carbocycles. The smallest absolute Gasteiger partial charge is 0.257 e. The molecule has 188 valence electrons. The van der Waals surface area contributed by atoms with Crippen LogP contribution in [0.1, 0.15) is 27.4 Å². The van der Waals surface area contributed by atoms with Gasteiger partial charge in [0.1, 0.15) is 4.33 Å². The first-order valence-electron chi connectivity index (χ1n) is 10.7. The van der Waals surface area contributed by atoms with Gasteiger partial charge in [0.05, 0.1) is 27.9 Å². The number of amides is 2. The van der Waals surface area contributed by atoms with E-state index in [9.17, 15) is 14.8 Å². The first-order chi connectivity index (χ1) is 16.9. The number of aryl methyl sites for hydroxylation is 1. The van der Waals surface area contributed by atoms with E-state index in [1.54, 1.807) is 42.5 Å². The molecule has 2 amide bonds. The second-order valence-corrected chi connectivity index (χ2v) is 11.2. The van der Waals surface area contributed by atoms with Crippen LogP contribution in [-0.4, -0.2) is 28.4 Å². The van der Waals surface area contributed by atoms with Crippen molar-refractivity contribution in [2.24, 2.45) is 5.92 Å². The third-order valence-corrected chi connectivity index (χ3v) is 7.52. The molecule has 2 atom stereocenters. The summed E-state index contributed by atoms with van der Waals surface area (Å²) in [7, 11) is 1.45. The molecule has 0 bridgehead atoms. The SMILES string of the molecule is Cc1ccc(NC(=O)c2cc(NC(=O)C3C(c4cc(Cl)cc(Cl)c4)C3(Cl)Cl)ccc2Cl)c(N(C)O)c1.